The molecule has 3 rings (SSSR count). The number of ether oxygens (including phenoxy) is 1. The first-order chi connectivity index (χ1) is 12.0. The predicted octanol–water partition coefficient (Wildman–Crippen LogP) is 3.01. The molecule has 0 bridgehead atoms. The highest BCUT2D eigenvalue weighted by Gasteiger charge is 2.12. The Morgan fingerprint density at radius 1 is 1.40 bits per heavy atom. The number of aromatic nitrogens is 3. The summed E-state index contributed by atoms with van der Waals surface area (Å²) in [5.74, 6) is -0.737. The molecule has 0 saturated heterocycles. The smallest absolute Gasteiger partial charge is 0.300 e. The molecule has 2 heterocycles. The molecule has 3 aromatic rings. The topological polar surface area (TPSA) is 61.4 Å². The zero-order valence-corrected chi connectivity index (χ0v) is 15.1. The maximum atomic E-state index is 13.5. The van der Waals surface area contributed by atoms with Crippen molar-refractivity contribution in [2.75, 3.05) is 13.7 Å². The third-order valence-electron chi connectivity index (χ3n) is 3.72. The van der Waals surface area contributed by atoms with E-state index in [2.05, 4.69) is 10.1 Å². The summed E-state index contributed by atoms with van der Waals surface area (Å²) in [6, 6.07) is 6.35. The van der Waals surface area contributed by atoms with Gasteiger partial charge in [-0.1, -0.05) is 11.3 Å². The number of thiazole rings is 1. The first-order valence-corrected chi connectivity index (χ1v) is 8.73. The van der Waals surface area contributed by atoms with E-state index in [1.807, 2.05) is 18.4 Å². The van der Waals surface area contributed by atoms with Crippen LogP contribution in [-0.4, -0.2) is 34.0 Å². The van der Waals surface area contributed by atoms with Gasteiger partial charge in [-0.2, -0.15) is 10.1 Å². The summed E-state index contributed by atoms with van der Waals surface area (Å²) < 4.78 is 22.9. The van der Waals surface area contributed by atoms with Crippen molar-refractivity contribution >= 4 is 27.5 Å². The fraction of sp³-hybridized carbons (Fsp3) is 0.353. The fourth-order valence-electron chi connectivity index (χ4n) is 2.41. The van der Waals surface area contributed by atoms with Gasteiger partial charge >= 0.3 is 0 Å². The number of hydrogen-bond acceptors (Lipinski definition) is 4. The molecule has 25 heavy (non-hydrogen) atoms. The highest BCUT2D eigenvalue weighted by Crippen LogP contribution is 2.18. The summed E-state index contributed by atoms with van der Waals surface area (Å²) >= 11 is 1.27. The van der Waals surface area contributed by atoms with Crippen molar-refractivity contribution < 1.29 is 13.9 Å². The van der Waals surface area contributed by atoms with E-state index < -0.39 is 5.91 Å². The molecule has 1 aromatic carbocycles. The summed E-state index contributed by atoms with van der Waals surface area (Å²) in [6.07, 6.45) is 1.76. The molecule has 0 aliphatic heterocycles. The lowest BCUT2D eigenvalue weighted by molar-refractivity contribution is 0.0991. The zero-order valence-electron chi connectivity index (χ0n) is 14.3. The van der Waals surface area contributed by atoms with Crippen LogP contribution in [0.4, 0.5) is 4.39 Å². The SMILES string of the molecule is COCCn1c(=NC(=O)c2ccn(C(C)C)n2)sc2cc(F)ccc21. The molecule has 0 aliphatic carbocycles. The number of carbonyl (C=O) groups excluding carboxylic acids is 1. The van der Waals surface area contributed by atoms with Crippen LogP contribution >= 0.6 is 11.3 Å². The number of carbonyl (C=O) groups is 1. The third-order valence-corrected chi connectivity index (χ3v) is 4.76. The van der Waals surface area contributed by atoms with E-state index in [1.165, 1.54) is 23.5 Å². The molecule has 0 N–H and O–H groups in total. The van der Waals surface area contributed by atoms with Crippen LogP contribution in [0, 0.1) is 5.82 Å². The molecule has 2 aromatic heterocycles. The second kappa shape index (κ2) is 7.28. The van der Waals surface area contributed by atoms with Crippen LogP contribution in [0.3, 0.4) is 0 Å². The van der Waals surface area contributed by atoms with Crippen LogP contribution in [0.15, 0.2) is 35.5 Å². The van der Waals surface area contributed by atoms with Crippen LogP contribution in [0.2, 0.25) is 0 Å². The minimum atomic E-state index is -0.419. The average Bonchev–Trinajstić information content (AvgIpc) is 3.17. The van der Waals surface area contributed by atoms with E-state index in [0.717, 1.165) is 10.2 Å². The van der Waals surface area contributed by atoms with Gasteiger partial charge in [0, 0.05) is 25.9 Å². The standard InChI is InChI=1S/C17H19FN4O2S/c1-11(2)22-7-6-13(20-22)16(23)19-17-21(8-9-24-3)14-5-4-12(18)10-15(14)25-17/h4-7,10-11H,8-9H2,1-3H3. The van der Waals surface area contributed by atoms with Crippen LogP contribution in [-0.2, 0) is 11.3 Å². The van der Waals surface area contributed by atoms with Crippen molar-refractivity contribution in [2.24, 2.45) is 4.99 Å². The van der Waals surface area contributed by atoms with Crippen molar-refractivity contribution in [3.63, 3.8) is 0 Å². The van der Waals surface area contributed by atoms with E-state index >= 15 is 0 Å². The maximum Gasteiger partial charge on any atom is 0.300 e. The number of fused-ring (bicyclic) bond motifs is 1. The van der Waals surface area contributed by atoms with E-state index in [-0.39, 0.29) is 17.6 Å². The van der Waals surface area contributed by atoms with Crippen LogP contribution in [0.25, 0.3) is 10.2 Å². The van der Waals surface area contributed by atoms with E-state index in [0.29, 0.717) is 18.0 Å². The molecule has 0 aliphatic rings. The minimum absolute atomic E-state index is 0.167. The van der Waals surface area contributed by atoms with Crippen LogP contribution < -0.4 is 4.80 Å². The fourth-order valence-corrected chi connectivity index (χ4v) is 3.49. The summed E-state index contributed by atoms with van der Waals surface area (Å²) in [5, 5.41) is 4.25. The number of rotatable bonds is 5. The number of amides is 1. The molecule has 1 amide bonds. The Balaban J connectivity index is 2.05. The number of nitrogens with zero attached hydrogens (tertiary/aromatic N) is 4. The highest BCUT2D eigenvalue weighted by molar-refractivity contribution is 7.16. The normalized spacial score (nSPS) is 12.4. The third kappa shape index (κ3) is 3.69. The lowest BCUT2D eigenvalue weighted by Crippen LogP contribution is -2.19. The molecule has 0 unspecified atom stereocenters. The van der Waals surface area contributed by atoms with Gasteiger partial charge in [-0.25, -0.2) is 4.39 Å². The van der Waals surface area contributed by atoms with Crippen molar-refractivity contribution in [1.82, 2.24) is 14.3 Å². The van der Waals surface area contributed by atoms with Crippen LogP contribution in [0.1, 0.15) is 30.4 Å². The molecule has 0 spiro atoms. The maximum absolute atomic E-state index is 13.5. The van der Waals surface area contributed by atoms with Gasteiger partial charge in [-0.05, 0) is 38.1 Å². The minimum Gasteiger partial charge on any atom is -0.383 e. The van der Waals surface area contributed by atoms with Crippen molar-refractivity contribution in [3.8, 4) is 0 Å². The molecule has 0 atom stereocenters. The summed E-state index contributed by atoms with van der Waals surface area (Å²) in [7, 11) is 1.61. The molecule has 8 heteroatoms. The largest absolute Gasteiger partial charge is 0.383 e. The molecular formula is C17H19FN4O2S. The average molecular weight is 362 g/mol. The summed E-state index contributed by atoms with van der Waals surface area (Å²) in [5.41, 5.74) is 1.11. The zero-order chi connectivity index (χ0) is 18.0. The van der Waals surface area contributed by atoms with Crippen molar-refractivity contribution in [1.29, 1.82) is 0 Å². The van der Waals surface area contributed by atoms with Gasteiger partial charge in [0.15, 0.2) is 10.5 Å². The first-order valence-electron chi connectivity index (χ1n) is 7.91. The number of halogens is 1. The van der Waals surface area contributed by atoms with Gasteiger partial charge < -0.3 is 9.30 Å². The summed E-state index contributed by atoms with van der Waals surface area (Å²) in [6.45, 7) is 4.95. The lowest BCUT2D eigenvalue weighted by atomic mass is 10.3. The van der Waals surface area contributed by atoms with Gasteiger partial charge in [0.05, 0.1) is 16.8 Å². The predicted molar refractivity (Wildman–Crippen MR) is 94.2 cm³/mol. The second-order valence-corrected chi connectivity index (χ2v) is 6.84. The number of benzene rings is 1. The Morgan fingerprint density at radius 3 is 2.88 bits per heavy atom. The first kappa shape index (κ1) is 17.5. The lowest BCUT2D eigenvalue weighted by Gasteiger charge is -2.04. The summed E-state index contributed by atoms with van der Waals surface area (Å²) in [4.78, 5) is 17.2. The quantitative estimate of drug-likeness (QED) is 0.701. The Labute approximate surface area is 148 Å². The van der Waals surface area contributed by atoms with Gasteiger partial charge in [-0.15, -0.1) is 0 Å². The molecule has 132 valence electrons. The molecule has 0 saturated carbocycles. The Bertz CT molecular complexity index is 971. The van der Waals surface area contributed by atoms with Crippen LogP contribution in [0.5, 0.6) is 0 Å². The monoisotopic (exact) mass is 362 g/mol. The highest BCUT2D eigenvalue weighted by atomic mass is 32.1. The van der Waals surface area contributed by atoms with Gasteiger partial charge in [-0.3, -0.25) is 9.48 Å². The van der Waals surface area contributed by atoms with Gasteiger partial charge in [0.2, 0.25) is 0 Å². The van der Waals surface area contributed by atoms with Gasteiger partial charge in [0.1, 0.15) is 5.82 Å². The Kier molecular flexibility index (Phi) is 5.10. The molecular weight excluding hydrogens is 343 g/mol. The van der Waals surface area contributed by atoms with E-state index in [1.54, 1.807) is 30.1 Å². The van der Waals surface area contributed by atoms with Crippen molar-refractivity contribution in [3.05, 3.63) is 46.8 Å². The van der Waals surface area contributed by atoms with Gasteiger partial charge in [0.25, 0.3) is 5.91 Å². The molecule has 0 radical (unpaired) electrons. The number of methoxy groups -OCH3 is 1. The molecule has 0 fully saturated rings. The number of hydrogen-bond donors (Lipinski definition) is 0. The molecule has 6 nitrogen and oxygen atoms in total. The Morgan fingerprint density at radius 2 is 2.20 bits per heavy atom. The van der Waals surface area contributed by atoms with Crippen molar-refractivity contribution in [2.45, 2.75) is 26.4 Å². The van der Waals surface area contributed by atoms with E-state index in [4.69, 9.17) is 4.74 Å². The Hall–Kier alpha value is -2.32. The second-order valence-electron chi connectivity index (χ2n) is 5.83. The van der Waals surface area contributed by atoms with E-state index in [9.17, 15) is 9.18 Å².